The van der Waals surface area contributed by atoms with Crippen molar-refractivity contribution in [3.05, 3.63) is 0 Å². The second-order valence-corrected chi connectivity index (χ2v) is 31.5. The zero-order valence-electron chi connectivity index (χ0n) is 62.6. The standard InChI is InChI=1S/C73H134O30/c1-38(2)17-11-19-40(5)21-13-23-42(7)25-15-27-44(9)29-52(79)92-36-46(37-93-53(80)30-45(10)28-16-26-43(8)24-14-22-41(6)20-12-18-39(3)4)94-69-61(88)56(83)65(48(32-75)96-69)101-71-63(90)58(85)67(50(34-77)98-71)103-73-64(91)59(86)68(51(35-78)99-73)102-72-62(89)57(84)66(49(33-76)97-72)100-70-60(87)55(82)54(81)47(31-74)95-70/h38-51,54-78,81-91H,11-37H2,1-10H3/t40?,41?,42?,43?,44?,45?,46?,47-,48-,49-,50-,51-,54-,55+,56-,57-,58-,59-,60-,61-,62-,63-,64-,65-,66-,67-,68-,69-,70-,71-,72-,73-/m1/s1. The Labute approximate surface area is 608 Å². The number of rotatable bonds is 47. The van der Waals surface area contributed by atoms with E-state index in [1.165, 1.54) is 64.2 Å². The summed E-state index contributed by atoms with van der Waals surface area (Å²) in [6.07, 6.45) is -28.0. The summed E-state index contributed by atoms with van der Waals surface area (Å²) in [5.74, 6) is 2.86. The Morgan fingerprint density at radius 1 is 0.291 bits per heavy atom. The van der Waals surface area contributed by atoms with Gasteiger partial charge in [0.15, 0.2) is 31.5 Å². The van der Waals surface area contributed by atoms with Gasteiger partial charge in [0.25, 0.3) is 0 Å². The molecule has 5 fully saturated rings. The molecular weight excluding hydrogens is 1360 g/mol. The second-order valence-electron chi connectivity index (χ2n) is 31.5. The van der Waals surface area contributed by atoms with Crippen molar-refractivity contribution in [3.63, 3.8) is 0 Å². The van der Waals surface area contributed by atoms with E-state index >= 15 is 0 Å². The lowest BCUT2D eigenvalue weighted by molar-refractivity contribution is -0.394. The van der Waals surface area contributed by atoms with Crippen LogP contribution in [0, 0.1) is 47.3 Å². The Bertz CT molecular complexity index is 2230. The van der Waals surface area contributed by atoms with Crippen LogP contribution < -0.4 is 0 Å². The minimum Gasteiger partial charge on any atom is -0.463 e. The van der Waals surface area contributed by atoms with Crippen LogP contribution in [0.4, 0.5) is 0 Å². The van der Waals surface area contributed by atoms with Gasteiger partial charge in [0, 0.05) is 12.8 Å². The molecule has 0 saturated carbocycles. The monoisotopic (exact) mass is 1490 g/mol. The number of aliphatic hydroxyl groups is 16. The van der Waals surface area contributed by atoms with E-state index < -0.39 is 218 Å². The molecule has 0 aliphatic carbocycles. The maximum absolute atomic E-state index is 13.4. The summed E-state index contributed by atoms with van der Waals surface area (Å²) in [4.78, 5) is 26.9. The topological polar surface area (TPSA) is 469 Å². The van der Waals surface area contributed by atoms with Gasteiger partial charge in [0.2, 0.25) is 0 Å². The number of hydrogen-bond acceptors (Lipinski definition) is 30. The highest BCUT2D eigenvalue weighted by atomic mass is 16.8. The van der Waals surface area contributed by atoms with E-state index in [0.29, 0.717) is 23.7 Å². The van der Waals surface area contributed by atoms with Crippen molar-refractivity contribution >= 4 is 11.9 Å². The van der Waals surface area contributed by atoms with Gasteiger partial charge in [-0.05, 0) is 47.3 Å². The molecule has 5 saturated heterocycles. The number of hydrogen-bond donors (Lipinski definition) is 16. The molecule has 30 nitrogen and oxygen atoms in total. The van der Waals surface area contributed by atoms with E-state index in [0.717, 1.165) is 63.2 Å². The largest absolute Gasteiger partial charge is 0.463 e. The molecule has 31 atom stereocenters. The van der Waals surface area contributed by atoms with Crippen LogP contribution in [-0.2, 0) is 66.4 Å². The van der Waals surface area contributed by atoms with Gasteiger partial charge in [-0.15, -0.1) is 0 Å². The van der Waals surface area contributed by atoms with E-state index in [1.54, 1.807) is 0 Å². The molecule has 16 N–H and O–H groups in total. The normalized spacial score (nSPS) is 36.6. The molecule has 5 heterocycles. The molecule has 5 rings (SSSR count). The van der Waals surface area contributed by atoms with Crippen LogP contribution in [0.1, 0.15) is 198 Å². The van der Waals surface area contributed by atoms with Crippen molar-refractivity contribution in [2.45, 2.75) is 357 Å². The van der Waals surface area contributed by atoms with Gasteiger partial charge in [-0.3, -0.25) is 9.59 Å². The fourth-order valence-electron chi connectivity index (χ4n) is 14.3. The molecule has 0 spiro atoms. The SMILES string of the molecule is CC(C)CCCC(C)CCCC(C)CCCC(C)CC(=O)OCC(COC(=O)CC(C)CCCC(C)CCCC(C)CCCC(C)C)O[C@@H]1O[C@H](CO)[C@@H](O[C@H]2O[C@H](CO)[C@@H](O[C@H]3O[C@H](CO)[C@@H](O[C@H]4O[C@H](CO)[C@@H](O[C@H]5O[C@H](CO)[C@@H](O)[C@H](O)[C@H]5O)[C@H](O)[C@H]4O)[C@H](O)[C@H]3O)[C@H](O)[C@H]2O)[C@H](O)[C@H]1O. The van der Waals surface area contributed by atoms with E-state index in [2.05, 4.69) is 55.4 Å². The summed E-state index contributed by atoms with van der Waals surface area (Å²) in [5.41, 5.74) is 0. The first kappa shape index (κ1) is 91.5. The number of aliphatic hydroxyl groups excluding tert-OH is 16. The fourth-order valence-corrected chi connectivity index (χ4v) is 14.3. The fraction of sp³-hybridized carbons (Fsp3) is 0.973. The van der Waals surface area contributed by atoms with Crippen LogP contribution in [0.25, 0.3) is 0 Å². The van der Waals surface area contributed by atoms with Gasteiger partial charge in [-0.25, -0.2) is 0 Å². The van der Waals surface area contributed by atoms with Crippen LogP contribution in [-0.4, -0.2) is 300 Å². The smallest absolute Gasteiger partial charge is 0.306 e. The van der Waals surface area contributed by atoms with E-state index in [1.807, 2.05) is 13.8 Å². The average Bonchev–Trinajstić information content (AvgIpc) is 0.770. The van der Waals surface area contributed by atoms with Crippen LogP contribution >= 0.6 is 0 Å². The molecule has 5 aliphatic heterocycles. The maximum atomic E-state index is 13.4. The molecule has 103 heavy (non-hydrogen) atoms. The van der Waals surface area contributed by atoms with Gasteiger partial charge in [0.1, 0.15) is 141 Å². The van der Waals surface area contributed by atoms with Crippen LogP contribution in [0.5, 0.6) is 0 Å². The van der Waals surface area contributed by atoms with Gasteiger partial charge in [-0.1, -0.05) is 185 Å². The van der Waals surface area contributed by atoms with E-state index in [4.69, 9.17) is 56.8 Å². The summed E-state index contributed by atoms with van der Waals surface area (Å²) in [7, 11) is 0. The maximum Gasteiger partial charge on any atom is 0.306 e. The van der Waals surface area contributed by atoms with Crippen LogP contribution in [0.2, 0.25) is 0 Å². The first-order valence-corrected chi connectivity index (χ1v) is 38.2. The molecule has 0 aromatic carbocycles. The lowest BCUT2D eigenvalue weighted by Crippen LogP contribution is -2.68. The van der Waals surface area contributed by atoms with Crippen molar-refractivity contribution in [1.82, 2.24) is 0 Å². The van der Waals surface area contributed by atoms with Crippen LogP contribution in [0.3, 0.4) is 0 Å². The zero-order valence-corrected chi connectivity index (χ0v) is 62.6. The minimum atomic E-state index is -2.17. The molecule has 0 aromatic heterocycles. The first-order valence-electron chi connectivity index (χ1n) is 38.2. The highest BCUT2D eigenvalue weighted by molar-refractivity contribution is 5.70. The van der Waals surface area contributed by atoms with Gasteiger partial charge < -0.3 is 139 Å². The number of carbonyl (C=O) groups excluding carboxylic acids is 2. The Morgan fingerprint density at radius 3 is 0.796 bits per heavy atom. The molecule has 606 valence electrons. The molecule has 0 amide bonds. The highest BCUT2D eigenvalue weighted by Gasteiger charge is 2.57. The van der Waals surface area contributed by atoms with Crippen molar-refractivity contribution < 1.29 is 148 Å². The highest BCUT2D eigenvalue weighted by Crippen LogP contribution is 2.37. The third-order valence-electron chi connectivity index (χ3n) is 21.0. The Morgan fingerprint density at radius 2 is 0.524 bits per heavy atom. The summed E-state index contributed by atoms with van der Waals surface area (Å²) in [6, 6.07) is 0. The molecule has 6 unspecified atom stereocenters. The van der Waals surface area contributed by atoms with Crippen molar-refractivity contribution in [3.8, 4) is 0 Å². The van der Waals surface area contributed by atoms with Crippen LogP contribution in [0.15, 0.2) is 0 Å². The quantitative estimate of drug-likeness (QED) is 0.0384. The molecule has 0 aromatic rings. The van der Waals surface area contributed by atoms with Gasteiger partial charge >= 0.3 is 11.9 Å². The third-order valence-corrected chi connectivity index (χ3v) is 21.0. The van der Waals surface area contributed by atoms with Gasteiger partial charge in [-0.2, -0.15) is 0 Å². The molecule has 5 aliphatic rings. The van der Waals surface area contributed by atoms with E-state index in [-0.39, 0.29) is 24.7 Å². The Hall–Kier alpha value is -2.10. The Balaban J connectivity index is 1.17. The molecule has 30 heteroatoms. The Kier molecular flexibility index (Phi) is 41.3. The minimum absolute atomic E-state index is 0.0143. The van der Waals surface area contributed by atoms with Crippen molar-refractivity contribution in [2.24, 2.45) is 47.3 Å². The summed E-state index contributed by atoms with van der Waals surface area (Å²) in [5, 5.41) is 174. The molecule has 0 radical (unpaired) electrons. The molecule has 0 bridgehead atoms. The summed E-state index contributed by atoms with van der Waals surface area (Å²) < 4.78 is 69.0. The van der Waals surface area contributed by atoms with Crippen molar-refractivity contribution in [2.75, 3.05) is 46.2 Å². The lowest BCUT2D eigenvalue weighted by Gasteiger charge is -2.49. The van der Waals surface area contributed by atoms with Crippen molar-refractivity contribution in [1.29, 1.82) is 0 Å². The number of ether oxygens (including phenoxy) is 12. The predicted octanol–water partition coefficient (Wildman–Crippen LogP) is 1.49. The summed E-state index contributed by atoms with van der Waals surface area (Å²) >= 11 is 0. The predicted molar refractivity (Wildman–Crippen MR) is 368 cm³/mol. The lowest BCUT2D eigenvalue weighted by atomic mass is 9.91. The summed E-state index contributed by atoms with van der Waals surface area (Å²) in [6.45, 7) is 16.6. The second kappa shape index (κ2) is 46.5. The van der Waals surface area contributed by atoms with E-state index in [9.17, 15) is 91.3 Å². The number of carbonyl (C=O) groups is 2. The molecular formula is C73H134O30. The first-order chi connectivity index (χ1) is 48.9. The zero-order chi connectivity index (χ0) is 76.4. The van der Waals surface area contributed by atoms with Gasteiger partial charge in [0.05, 0.1) is 33.0 Å². The number of esters is 2. The third kappa shape index (κ3) is 28.9. The average molecular weight is 1490 g/mol.